The molecule has 0 spiro atoms. The number of benzene rings is 3. The molecule has 0 heterocycles. The largest absolute Gasteiger partial charge is 0.322 e. The lowest BCUT2D eigenvalue weighted by Crippen LogP contribution is -2.26. The van der Waals surface area contributed by atoms with Crippen molar-refractivity contribution in [2.75, 3.05) is 16.7 Å². The summed E-state index contributed by atoms with van der Waals surface area (Å²) >= 11 is 2.17. The molecule has 0 aliphatic rings. The molecule has 0 radical (unpaired) electrons. The Morgan fingerprint density at radius 3 is 2.22 bits per heavy atom. The third kappa shape index (κ3) is 4.48. The van der Waals surface area contributed by atoms with Crippen molar-refractivity contribution in [1.29, 1.82) is 0 Å². The van der Waals surface area contributed by atoms with Crippen LogP contribution in [0.4, 0.5) is 11.4 Å². The van der Waals surface area contributed by atoms with Gasteiger partial charge in [-0.2, -0.15) is 0 Å². The summed E-state index contributed by atoms with van der Waals surface area (Å²) in [4.78, 5) is 12.5. The first-order valence-corrected chi connectivity index (χ1v) is 10.6. The second-order valence-electron chi connectivity index (χ2n) is 5.80. The number of hydrogen-bond acceptors (Lipinski definition) is 3. The normalized spacial score (nSPS) is 11.0. The molecule has 1 N–H and O–H groups in total. The Morgan fingerprint density at radius 2 is 1.59 bits per heavy atom. The number of nitrogens with zero attached hydrogens (tertiary/aromatic N) is 1. The van der Waals surface area contributed by atoms with Gasteiger partial charge in [0.15, 0.2) is 0 Å². The summed E-state index contributed by atoms with van der Waals surface area (Å²) in [5.74, 6) is -0.294. The van der Waals surface area contributed by atoms with Crippen LogP contribution in [-0.4, -0.2) is 21.4 Å². The average Bonchev–Trinajstić information content (AvgIpc) is 2.68. The highest BCUT2D eigenvalue weighted by molar-refractivity contribution is 14.1. The molecular formula is C20H17IN2O3S. The van der Waals surface area contributed by atoms with E-state index in [1.165, 1.54) is 35.6 Å². The highest BCUT2D eigenvalue weighted by Gasteiger charge is 2.21. The molecule has 0 saturated carbocycles. The highest BCUT2D eigenvalue weighted by atomic mass is 127. The number of carbonyl (C=O) groups excluding carboxylic acids is 1. The zero-order chi connectivity index (χ0) is 19.4. The maximum Gasteiger partial charge on any atom is 0.264 e. The Balaban J connectivity index is 1.79. The van der Waals surface area contributed by atoms with Gasteiger partial charge in [-0.1, -0.05) is 24.3 Å². The molecule has 0 fully saturated rings. The van der Waals surface area contributed by atoms with Crippen LogP contribution in [-0.2, 0) is 10.0 Å². The third-order valence-corrected chi connectivity index (χ3v) is 6.45. The van der Waals surface area contributed by atoms with Gasteiger partial charge in [0.2, 0.25) is 0 Å². The molecule has 0 aliphatic carbocycles. The molecule has 0 saturated heterocycles. The fourth-order valence-electron chi connectivity index (χ4n) is 2.48. The van der Waals surface area contributed by atoms with Crippen LogP contribution < -0.4 is 9.62 Å². The van der Waals surface area contributed by atoms with Crippen molar-refractivity contribution >= 4 is 49.9 Å². The number of halogens is 1. The minimum atomic E-state index is -3.70. The molecule has 1 amide bonds. The van der Waals surface area contributed by atoms with Crippen LogP contribution in [0.2, 0.25) is 0 Å². The van der Waals surface area contributed by atoms with Crippen molar-refractivity contribution in [2.45, 2.75) is 4.90 Å². The summed E-state index contributed by atoms with van der Waals surface area (Å²) in [6.07, 6.45) is 0. The molecule has 0 atom stereocenters. The van der Waals surface area contributed by atoms with Crippen molar-refractivity contribution in [3.63, 3.8) is 0 Å². The summed E-state index contributed by atoms with van der Waals surface area (Å²) in [6.45, 7) is 0. The number of amides is 1. The Kier molecular flexibility index (Phi) is 5.81. The minimum absolute atomic E-state index is 0.125. The molecule has 0 unspecified atom stereocenters. The van der Waals surface area contributed by atoms with Gasteiger partial charge in [-0.25, -0.2) is 8.42 Å². The SMILES string of the molecule is CN(c1ccccc1)S(=O)(=O)c1ccc(C(=O)Nc2cccc(I)c2)cc1. The van der Waals surface area contributed by atoms with Crippen LogP contribution in [0, 0.1) is 3.57 Å². The summed E-state index contributed by atoms with van der Waals surface area (Å²) in [5, 5.41) is 2.80. The van der Waals surface area contributed by atoms with Gasteiger partial charge in [0, 0.05) is 21.9 Å². The van der Waals surface area contributed by atoms with Crippen LogP contribution in [0.5, 0.6) is 0 Å². The van der Waals surface area contributed by atoms with Gasteiger partial charge in [0.05, 0.1) is 10.6 Å². The van der Waals surface area contributed by atoms with Crippen LogP contribution >= 0.6 is 22.6 Å². The Bertz CT molecular complexity index is 1050. The topological polar surface area (TPSA) is 66.5 Å². The number of nitrogens with one attached hydrogen (secondary N) is 1. The standard InChI is InChI=1S/C20H17IN2O3S/c1-23(18-8-3-2-4-9-18)27(25,26)19-12-10-15(11-13-19)20(24)22-17-7-5-6-16(21)14-17/h2-14H,1H3,(H,22,24). The van der Waals surface area contributed by atoms with E-state index >= 15 is 0 Å². The predicted octanol–water partition coefficient (Wildman–Crippen LogP) is 4.37. The lowest BCUT2D eigenvalue weighted by molar-refractivity contribution is 0.102. The smallest absolute Gasteiger partial charge is 0.264 e. The number of carbonyl (C=O) groups is 1. The molecule has 0 aromatic heterocycles. The minimum Gasteiger partial charge on any atom is -0.322 e. The van der Waals surface area contributed by atoms with Gasteiger partial charge in [0.25, 0.3) is 15.9 Å². The predicted molar refractivity (Wildman–Crippen MR) is 116 cm³/mol. The second kappa shape index (κ2) is 8.10. The average molecular weight is 492 g/mol. The molecule has 5 nitrogen and oxygen atoms in total. The maximum absolute atomic E-state index is 12.8. The van der Waals surface area contributed by atoms with E-state index in [1.54, 1.807) is 30.3 Å². The van der Waals surface area contributed by atoms with E-state index in [9.17, 15) is 13.2 Å². The molecule has 27 heavy (non-hydrogen) atoms. The number of sulfonamides is 1. The molecule has 3 rings (SSSR count). The second-order valence-corrected chi connectivity index (χ2v) is 9.01. The van der Waals surface area contributed by atoms with E-state index in [0.29, 0.717) is 16.9 Å². The zero-order valence-corrected chi connectivity index (χ0v) is 17.4. The zero-order valence-electron chi connectivity index (χ0n) is 14.5. The first-order valence-electron chi connectivity index (χ1n) is 8.09. The molecule has 138 valence electrons. The van der Waals surface area contributed by atoms with Crippen LogP contribution in [0.15, 0.2) is 83.8 Å². The Hall–Kier alpha value is -2.39. The Labute approximate surface area is 172 Å². The van der Waals surface area contributed by atoms with E-state index in [0.717, 1.165) is 3.57 Å². The molecule has 0 bridgehead atoms. The molecular weight excluding hydrogens is 475 g/mol. The van der Waals surface area contributed by atoms with Gasteiger partial charge < -0.3 is 5.32 Å². The fourth-order valence-corrected chi connectivity index (χ4v) is 4.22. The maximum atomic E-state index is 12.8. The molecule has 3 aromatic carbocycles. The van der Waals surface area contributed by atoms with Crippen molar-refractivity contribution in [1.82, 2.24) is 0 Å². The third-order valence-electron chi connectivity index (χ3n) is 3.98. The van der Waals surface area contributed by atoms with E-state index in [-0.39, 0.29) is 10.8 Å². The number of hydrogen-bond donors (Lipinski definition) is 1. The van der Waals surface area contributed by atoms with E-state index < -0.39 is 10.0 Å². The van der Waals surface area contributed by atoms with Crippen LogP contribution in [0.1, 0.15) is 10.4 Å². The van der Waals surface area contributed by atoms with Crippen molar-refractivity contribution in [3.05, 3.63) is 88.0 Å². The Morgan fingerprint density at radius 1 is 0.926 bits per heavy atom. The first-order chi connectivity index (χ1) is 12.9. The number of rotatable bonds is 5. The van der Waals surface area contributed by atoms with E-state index in [1.807, 2.05) is 24.3 Å². The van der Waals surface area contributed by atoms with Crippen LogP contribution in [0.3, 0.4) is 0 Å². The number of anilines is 2. The molecule has 0 aliphatic heterocycles. The molecule has 7 heteroatoms. The fraction of sp³-hybridized carbons (Fsp3) is 0.0500. The van der Waals surface area contributed by atoms with Gasteiger partial charge >= 0.3 is 0 Å². The lowest BCUT2D eigenvalue weighted by atomic mass is 10.2. The van der Waals surface area contributed by atoms with Crippen LogP contribution in [0.25, 0.3) is 0 Å². The van der Waals surface area contributed by atoms with Gasteiger partial charge in [-0.05, 0) is 77.2 Å². The lowest BCUT2D eigenvalue weighted by Gasteiger charge is -2.19. The quantitative estimate of drug-likeness (QED) is 0.539. The van der Waals surface area contributed by atoms with Crippen molar-refractivity contribution in [2.24, 2.45) is 0 Å². The van der Waals surface area contributed by atoms with Crippen molar-refractivity contribution in [3.8, 4) is 0 Å². The molecule has 3 aromatic rings. The summed E-state index contributed by atoms with van der Waals surface area (Å²) in [5.41, 5.74) is 1.64. The van der Waals surface area contributed by atoms with Gasteiger partial charge in [-0.3, -0.25) is 9.10 Å². The highest BCUT2D eigenvalue weighted by Crippen LogP contribution is 2.22. The van der Waals surface area contributed by atoms with Gasteiger partial charge in [-0.15, -0.1) is 0 Å². The number of para-hydroxylation sites is 1. The monoisotopic (exact) mass is 492 g/mol. The summed E-state index contributed by atoms with van der Waals surface area (Å²) in [7, 11) is -2.20. The van der Waals surface area contributed by atoms with Crippen molar-refractivity contribution < 1.29 is 13.2 Å². The summed E-state index contributed by atoms with van der Waals surface area (Å²) in [6, 6.07) is 22.2. The van der Waals surface area contributed by atoms with E-state index in [2.05, 4.69) is 27.9 Å². The summed E-state index contributed by atoms with van der Waals surface area (Å²) < 4.78 is 27.8. The van der Waals surface area contributed by atoms with E-state index in [4.69, 9.17) is 0 Å². The first kappa shape index (κ1) is 19.4. The van der Waals surface area contributed by atoms with Gasteiger partial charge in [0.1, 0.15) is 0 Å².